The number of hydrogen-bond acceptors (Lipinski definition) is 3. The number of aliphatic hydroxyl groups excluding tert-OH is 1. The van der Waals surface area contributed by atoms with Crippen LogP contribution in [0, 0.1) is 5.41 Å². The van der Waals surface area contributed by atoms with Crippen molar-refractivity contribution in [3.63, 3.8) is 0 Å². The van der Waals surface area contributed by atoms with Gasteiger partial charge in [0.05, 0.1) is 11.5 Å². The summed E-state index contributed by atoms with van der Waals surface area (Å²) in [5.74, 6) is -0.204. The Labute approximate surface area is 169 Å². The van der Waals surface area contributed by atoms with E-state index in [1.54, 1.807) is 0 Å². The van der Waals surface area contributed by atoms with Crippen LogP contribution in [0.4, 0.5) is 0 Å². The third-order valence-corrected chi connectivity index (χ3v) is 5.73. The highest BCUT2D eigenvalue weighted by molar-refractivity contribution is 5.75. The molecule has 0 spiro atoms. The van der Waals surface area contributed by atoms with Crippen LogP contribution in [0.2, 0.25) is 0 Å². The van der Waals surface area contributed by atoms with Crippen molar-refractivity contribution in [3.8, 4) is 0 Å². The molecule has 0 radical (unpaired) electrons. The summed E-state index contributed by atoms with van der Waals surface area (Å²) in [6.45, 7) is 8.16. The van der Waals surface area contributed by atoms with Gasteiger partial charge in [-0.15, -0.1) is 0 Å². The second-order valence-corrected chi connectivity index (χ2v) is 8.87. The fraction of sp³-hybridized carbons (Fsp3) is 0.958. The Morgan fingerprint density at radius 2 is 1.19 bits per heavy atom. The standard InChI is InChI=1S/C24H48O3/c1-5-7-8-9-10-11-12-13-14-15-16-17-18-19-20-22(25)21-27-23(26)24(3,4)6-2/h22,25H,5-21H2,1-4H3. The second kappa shape index (κ2) is 17.5. The van der Waals surface area contributed by atoms with Gasteiger partial charge in [-0.25, -0.2) is 0 Å². The first-order valence-corrected chi connectivity index (χ1v) is 11.8. The van der Waals surface area contributed by atoms with E-state index in [-0.39, 0.29) is 12.6 Å². The van der Waals surface area contributed by atoms with Crippen molar-refractivity contribution >= 4 is 5.97 Å². The molecular formula is C24H48O3. The van der Waals surface area contributed by atoms with Crippen molar-refractivity contribution < 1.29 is 14.6 Å². The summed E-state index contributed by atoms with van der Waals surface area (Å²) < 4.78 is 5.24. The number of rotatable bonds is 19. The molecule has 0 saturated carbocycles. The molecule has 1 N–H and O–H groups in total. The smallest absolute Gasteiger partial charge is 0.311 e. The van der Waals surface area contributed by atoms with E-state index in [0.717, 1.165) is 19.3 Å². The first kappa shape index (κ1) is 26.4. The number of unbranched alkanes of at least 4 members (excludes halogenated alkanes) is 13. The van der Waals surface area contributed by atoms with Gasteiger partial charge in [0.2, 0.25) is 0 Å². The quantitative estimate of drug-likeness (QED) is 0.189. The number of carbonyl (C=O) groups excluding carboxylic acids is 1. The van der Waals surface area contributed by atoms with Crippen LogP contribution in [0.3, 0.4) is 0 Å². The van der Waals surface area contributed by atoms with Gasteiger partial charge in [0.15, 0.2) is 0 Å². The van der Waals surface area contributed by atoms with E-state index in [2.05, 4.69) is 6.92 Å². The van der Waals surface area contributed by atoms with Crippen molar-refractivity contribution in [1.82, 2.24) is 0 Å². The molecule has 0 aliphatic rings. The predicted octanol–water partition coefficient (Wildman–Crippen LogP) is 7.20. The van der Waals surface area contributed by atoms with Gasteiger partial charge in [-0.2, -0.15) is 0 Å². The van der Waals surface area contributed by atoms with Crippen LogP contribution < -0.4 is 0 Å². The summed E-state index contributed by atoms with van der Waals surface area (Å²) in [7, 11) is 0. The molecule has 0 aromatic rings. The van der Waals surface area contributed by atoms with Gasteiger partial charge in [0.1, 0.15) is 6.61 Å². The normalized spacial score (nSPS) is 12.9. The highest BCUT2D eigenvalue weighted by Gasteiger charge is 2.27. The molecule has 0 rings (SSSR count). The summed E-state index contributed by atoms with van der Waals surface area (Å²) in [6.07, 6.45) is 19.7. The minimum absolute atomic E-state index is 0.140. The van der Waals surface area contributed by atoms with Crippen LogP contribution >= 0.6 is 0 Å². The van der Waals surface area contributed by atoms with Crippen LogP contribution in [0.5, 0.6) is 0 Å². The fourth-order valence-electron chi connectivity index (χ4n) is 3.17. The van der Waals surface area contributed by atoms with E-state index in [9.17, 15) is 9.90 Å². The minimum atomic E-state index is -0.515. The third kappa shape index (κ3) is 16.1. The third-order valence-electron chi connectivity index (χ3n) is 5.73. The molecule has 1 unspecified atom stereocenters. The number of carbonyl (C=O) groups is 1. The number of esters is 1. The van der Waals surface area contributed by atoms with E-state index in [4.69, 9.17) is 4.74 Å². The van der Waals surface area contributed by atoms with Crippen LogP contribution in [0.1, 0.15) is 130 Å². The van der Waals surface area contributed by atoms with E-state index < -0.39 is 11.5 Å². The molecule has 0 heterocycles. The molecule has 0 aliphatic carbocycles. The van der Waals surface area contributed by atoms with Gasteiger partial charge >= 0.3 is 5.97 Å². The van der Waals surface area contributed by atoms with Gasteiger partial charge in [-0.3, -0.25) is 4.79 Å². The average Bonchev–Trinajstić information content (AvgIpc) is 2.66. The Balaban J connectivity index is 3.33. The number of ether oxygens (including phenoxy) is 1. The maximum absolute atomic E-state index is 11.9. The number of hydrogen-bond donors (Lipinski definition) is 1. The van der Waals surface area contributed by atoms with Gasteiger partial charge < -0.3 is 9.84 Å². The maximum atomic E-state index is 11.9. The highest BCUT2D eigenvalue weighted by atomic mass is 16.5. The van der Waals surface area contributed by atoms with E-state index in [1.165, 1.54) is 83.5 Å². The zero-order valence-electron chi connectivity index (χ0n) is 18.9. The lowest BCUT2D eigenvalue weighted by atomic mass is 9.91. The fourth-order valence-corrected chi connectivity index (χ4v) is 3.17. The van der Waals surface area contributed by atoms with Gasteiger partial charge in [-0.05, 0) is 26.7 Å². The summed E-state index contributed by atoms with van der Waals surface area (Å²) in [4.78, 5) is 11.9. The first-order chi connectivity index (χ1) is 12.9. The Bertz CT molecular complexity index is 339. The molecular weight excluding hydrogens is 336 g/mol. The molecule has 0 fully saturated rings. The van der Waals surface area contributed by atoms with Crippen molar-refractivity contribution in [2.75, 3.05) is 6.61 Å². The van der Waals surface area contributed by atoms with Crippen molar-refractivity contribution in [3.05, 3.63) is 0 Å². The average molecular weight is 385 g/mol. The lowest BCUT2D eigenvalue weighted by Gasteiger charge is -2.21. The zero-order valence-corrected chi connectivity index (χ0v) is 18.9. The first-order valence-electron chi connectivity index (χ1n) is 11.8. The molecule has 3 heteroatoms. The maximum Gasteiger partial charge on any atom is 0.311 e. The molecule has 0 bridgehead atoms. The topological polar surface area (TPSA) is 46.5 Å². The Morgan fingerprint density at radius 3 is 1.59 bits per heavy atom. The lowest BCUT2D eigenvalue weighted by Crippen LogP contribution is -2.29. The van der Waals surface area contributed by atoms with E-state index in [0.29, 0.717) is 0 Å². The molecule has 3 nitrogen and oxygen atoms in total. The molecule has 162 valence electrons. The largest absolute Gasteiger partial charge is 0.463 e. The molecule has 0 aliphatic heterocycles. The van der Waals surface area contributed by atoms with Gasteiger partial charge in [-0.1, -0.05) is 104 Å². The summed E-state index contributed by atoms with van der Waals surface area (Å²) in [6, 6.07) is 0. The summed E-state index contributed by atoms with van der Waals surface area (Å²) >= 11 is 0. The molecule has 0 amide bonds. The minimum Gasteiger partial charge on any atom is -0.463 e. The van der Waals surface area contributed by atoms with E-state index >= 15 is 0 Å². The SMILES string of the molecule is CCCCCCCCCCCCCCCCC(O)COC(=O)C(C)(C)CC. The van der Waals surface area contributed by atoms with Crippen molar-refractivity contribution in [2.24, 2.45) is 5.41 Å². The van der Waals surface area contributed by atoms with Crippen molar-refractivity contribution in [2.45, 2.75) is 137 Å². The van der Waals surface area contributed by atoms with Crippen LogP contribution in [-0.4, -0.2) is 23.8 Å². The highest BCUT2D eigenvalue weighted by Crippen LogP contribution is 2.21. The second-order valence-electron chi connectivity index (χ2n) is 8.87. The molecule has 1 atom stereocenters. The molecule has 0 aromatic heterocycles. The van der Waals surface area contributed by atoms with Crippen LogP contribution in [0.15, 0.2) is 0 Å². The zero-order chi connectivity index (χ0) is 20.4. The number of aliphatic hydroxyl groups is 1. The van der Waals surface area contributed by atoms with Crippen LogP contribution in [-0.2, 0) is 9.53 Å². The monoisotopic (exact) mass is 384 g/mol. The van der Waals surface area contributed by atoms with E-state index in [1.807, 2.05) is 20.8 Å². The Morgan fingerprint density at radius 1 is 0.778 bits per heavy atom. The van der Waals surface area contributed by atoms with Gasteiger partial charge in [0, 0.05) is 0 Å². The molecule has 0 saturated heterocycles. The molecule has 27 heavy (non-hydrogen) atoms. The predicted molar refractivity (Wildman–Crippen MR) is 116 cm³/mol. The van der Waals surface area contributed by atoms with Gasteiger partial charge in [0.25, 0.3) is 0 Å². The summed E-state index contributed by atoms with van der Waals surface area (Å²) in [5, 5.41) is 9.95. The van der Waals surface area contributed by atoms with Crippen LogP contribution in [0.25, 0.3) is 0 Å². The Kier molecular flexibility index (Phi) is 17.2. The molecule has 0 aromatic carbocycles. The lowest BCUT2D eigenvalue weighted by molar-refractivity contribution is -0.157. The Hall–Kier alpha value is -0.570. The van der Waals surface area contributed by atoms with Crippen molar-refractivity contribution in [1.29, 1.82) is 0 Å². The summed E-state index contributed by atoms with van der Waals surface area (Å²) in [5.41, 5.74) is -0.450.